The maximum absolute atomic E-state index is 12.6. The molecule has 1 aliphatic rings. The summed E-state index contributed by atoms with van der Waals surface area (Å²) in [5, 5.41) is 11.3. The maximum atomic E-state index is 12.6. The van der Waals surface area contributed by atoms with Crippen LogP contribution >= 0.6 is 10.0 Å². The zero-order chi connectivity index (χ0) is 26.5. The lowest BCUT2D eigenvalue weighted by molar-refractivity contribution is 0.0682. The van der Waals surface area contributed by atoms with Gasteiger partial charge in [-0.2, -0.15) is 5.26 Å². The highest BCUT2D eigenvalue weighted by atomic mass is 32.3. The molecule has 4 rings (SSSR count). The lowest BCUT2D eigenvalue weighted by Crippen LogP contribution is -2.41. The van der Waals surface area contributed by atoms with Crippen LogP contribution in [0.5, 0.6) is 5.75 Å². The van der Waals surface area contributed by atoms with Gasteiger partial charge in [0, 0.05) is 29.3 Å². The summed E-state index contributed by atoms with van der Waals surface area (Å²) in [6.07, 6.45) is 10.8. The third-order valence-corrected chi connectivity index (χ3v) is 10.6. The monoisotopic (exact) mass is 529 g/mol. The molecule has 4 heterocycles. The second-order valence-electron chi connectivity index (χ2n) is 10.9. The van der Waals surface area contributed by atoms with Crippen molar-refractivity contribution in [1.29, 1.82) is 5.26 Å². The highest BCUT2D eigenvalue weighted by Crippen LogP contribution is 2.39. The summed E-state index contributed by atoms with van der Waals surface area (Å²) in [7, 11) is -0.631. The highest BCUT2D eigenvalue weighted by Gasteiger charge is 2.31. The summed E-state index contributed by atoms with van der Waals surface area (Å²) in [4.78, 5) is 11.4. The molecule has 0 N–H and O–H groups in total. The predicted molar refractivity (Wildman–Crippen MR) is 150 cm³/mol. The first-order chi connectivity index (χ1) is 17.8. The van der Waals surface area contributed by atoms with Crippen molar-refractivity contribution in [2.24, 2.45) is 5.41 Å². The van der Waals surface area contributed by atoms with Gasteiger partial charge in [-0.05, 0) is 62.7 Å². The number of hydrogen-bond acceptors (Lipinski definition) is 6. The van der Waals surface area contributed by atoms with E-state index >= 15 is 0 Å². The standard InChI is InChI=1S/C28H40FN5O2S/c1-5-37(3,4)16-15-35-21-34-24-19-32-22(18-30)17-23(24)26-25(7-11-31-27(26)34)36-20-28(2)8-13-33(14-9-28)12-6-10-29/h7,11,17,19H,5-6,8-10,12-16,20-21H2,1-4H3. The molecule has 0 bridgehead atoms. The van der Waals surface area contributed by atoms with Gasteiger partial charge in [0.25, 0.3) is 0 Å². The smallest absolute Gasteiger partial charge is 0.146 e. The van der Waals surface area contributed by atoms with Crippen LogP contribution in [0.25, 0.3) is 21.9 Å². The van der Waals surface area contributed by atoms with Crippen molar-refractivity contribution in [2.75, 3.05) is 63.5 Å². The van der Waals surface area contributed by atoms with Crippen LogP contribution in [-0.4, -0.2) is 83.0 Å². The Balaban J connectivity index is 1.56. The number of ether oxygens (including phenoxy) is 2. The Hall–Kier alpha value is -2.41. The Kier molecular flexibility index (Phi) is 8.94. The van der Waals surface area contributed by atoms with Crippen molar-refractivity contribution in [3.05, 3.63) is 30.2 Å². The molecular formula is C28H40FN5O2S. The number of alkyl halides is 1. The quantitative estimate of drug-likeness (QED) is 0.294. The van der Waals surface area contributed by atoms with Crippen molar-refractivity contribution < 1.29 is 13.9 Å². The first kappa shape index (κ1) is 27.6. The third-order valence-electron chi connectivity index (χ3n) is 7.74. The molecule has 0 radical (unpaired) electrons. The van der Waals surface area contributed by atoms with Gasteiger partial charge in [-0.15, -0.1) is 0 Å². The van der Waals surface area contributed by atoms with Crippen LogP contribution in [0.1, 0.15) is 38.8 Å². The van der Waals surface area contributed by atoms with Gasteiger partial charge in [0.15, 0.2) is 0 Å². The summed E-state index contributed by atoms with van der Waals surface area (Å²) < 4.78 is 27.2. The zero-order valence-electron chi connectivity index (χ0n) is 22.6. The number of nitriles is 1. The molecule has 37 heavy (non-hydrogen) atoms. The van der Waals surface area contributed by atoms with Crippen molar-refractivity contribution in [2.45, 2.75) is 39.8 Å². The number of aromatic nitrogens is 3. The Morgan fingerprint density at radius 1 is 1.24 bits per heavy atom. The molecule has 0 saturated carbocycles. The second-order valence-corrected chi connectivity index (χ2v) is 15.4. The molecule has 0 aliphatic carbocycles. The van der Waals surface area contributed by atoms with E-state index in [-0.39, 0.29) is 12.1 Å². The topological polar surface area (TPSA) is 76.2 Å². The Labute approximate surface area is 221 Å². The van der Waals surface area contributed by atoms with Gasteiger partial charge in [0.1, 0.15) is 29.9 Å². The number of piperidine rings is 1. The van der Waals surface area contributed by atoms with Gasteiger partial charge in [-0.3, -0.25) is 8.96 Å². The SMILES string of the molecule is CCS(C)(C)CCOCn1c2cnc(C#N)cc2c2c(OCC3(C)CCN(CCCF)CC3)ccnc21. The van der Waals surface area contributed by atoms with E-state index in [1.165, 1.54) is 5.75 Å². The van der Waals surface area contributed by atoms with Crippen LogP contribution in [0.15, 0.2) is 24.5 Å². The minimum atomic E-state index is -0.631. The fourth-order valence-electron chi connectivity index (χ4n) is 4.76. The summed E-state index contributed by atoms with van der Waals surface area (Å²) >= 11 is 0. The van der Waals surface area contributed by atoms with Crippen LogP contribution in [0, 0.1) is 16.7 Å². The minimum Gasteiger partial charge on any atom is -0.492 e. The zero-order valence-corrected chi connectivity index (χ0v) is 23.4. The average Bonchev–Trinajstić information content (AvgIpc) is 3.23. The molecule has 0 unspecified atom stereocenters. The average molecular weight is 530 g/mol. The molecule has 9 heteroatoms. The van der Waals surface area contributed by atoms with Gasteiger partial charge in [0.2, 0.25) is 0 Å². The molecule has 3 aromatic rings. The predicted octanol–water partition coefficient (Wildman–Crippen LogP) is 5.35. The number of rotatable bonds is 12. The van der Waals surface area contributed by atoms with Crippen LogP contribution in [0.2, 0.25) is 0 Å². The fourth-order valence-corrected chi connectivity index (χ4v) is 5.62. The second kappa shape index (κ2) is 12.0. The van der Waals surface area contributed by atoms with E-state index in [2.05, 4.69) is 47.3 Å². The number of fused-ring (bicyclic) bond motifs is 3. The maximum Gasteiger partial charge on any atom is 0.146 e. The van der Waals surface area contributed by atoms with Crippen molar-refractivity contribution in [3.63, 3.8) is 0 Å². The van der Waals surface area contributed by atoms with Crippen molar-refractivity contribution >= 4 is 32.0 Å². The number of halogens is 1. The van der Waals surface area contributed by atoms with Crippen LogP contribution in [0.4, 0.5) is 4.39 Å². The van der Waals surface area contributed by atoms with Crippen LogP contribution in [-0.2, 0) is 11.5 Å². The molecule has 1 saturated heterocycles. The molecule has 0 atom stereocenters. The van der Waals surface area contributed by atoms with E-state index in [0.29, 0.717) is 32.1 Å². The molecular weight excluding hydrogens is 489 g/mol. The Morgan fingerprint density at radius 3 is 2.73 bits per heavy atom. The number of likely N-dealkylation sites (tertiary alicyclic amines) is 1. The van der Waals surface area contributed by atoms with Crippen LogP contribution in [0.3, 0.4) is 0 Å². The molecule has 1 aliphatic heterocycles. The summed E-state index contributed by atoms with van der Waals surface area (Å²) in [5.74, 6) is 3.01. The third kappa shape index (κ3) is 6.54. The number of nitrogens with zero attached hydrogens (tertiary/aromatic N) is 5. The van der Waals surface area contributed by atoms with Gasteiger partial charge in [-0.25, -0.2) is 20.0 Å². The lowest BCUT2D eigenvalue weighted by atomic mass is 9.81. The van der Waals surface area contributed by atoms with E-state index in [4.69, 9.17) is 9.47 Å². The Bertz CT molecular complexity index is 1250. The molecule has 0 spiro atoms. The van der Waals surface area contributed by atoms with E-state index in [9.17, 15) is 9.65 Å². The number of hydrogen-bond donors (Lipinski definition) is 0. The van der Waals surface area contributed by atoms with Crippen molar-refractivity contribution in [1.82, 2.24) is 19.4 Å². The largest absolute Gasteiger partial charge is 0.492 e. The van der Waals surface area contributed by atoms with Gasteiger partial charge in [-0.1, -0.05) is 13.8 Å². The van der Waals surface area contributed by atoms with Crippen LogP contribution < -0.4 is 4.74 Å². The molecule has 0 aromatic carbocycles. The highest BCUT2D eigenvalue weighted by molar-refractivity contribution is 8.32. The normalized spacial score (nSPS) is 16.8. The van der Waals surface area contributed by atoms with Crippen molar-refractivity contribution in [3.8, 4) is 11.8 Å². The molecule has 1 fully saturated rings. The first-order valence-electron chi connectivity index (χ1n) is 13.1. The molecule has 0 amide bonds. The summed E-state index contributed by atoms with van der Waals surface area (Å²) in [6, 6.07) is 5.88. The van der Waals surface area contributed by atoms with E-state index in [1.54, 1.807) is 12.4 Å². The molecule has 3 aromatic heterocycles. The van der Waals surface area contributed by atoms with Gasteiger partial charge >= 0.3 is 0 Å². The van der Waals surface area contributed by atoms with E-state index in [0.717, 1.165) is 65.9 Å². The first-order valence-corrected chi connectivity index (χ1v) is 15.9. The summed E-state index contributed by atoms with van der Waals surface area (Å²) in [5.41, 5.74) is 2.07. The van der Waals surface area contributed by atoms with Gasteiger partial charge in [0.05, 0.1) is 37.0 Å². The summed E-state index contributed by atoms with van der Waals surface area (Å²) in [6.45, 7) is 8.67. The molecule has 7 nitrogen and oxygen atoms in total. The van der Waals surface area contributed by atoms with Gasteiger partial charge < -0.3 is 14.4 Å². The Morgan fingerprint density at radius 2 is 2.03 bits per heavy atom. The minimum absolute atomic E-state index is 0.0527. The fraction of sp³-hybridized carbons (Fsp3) is 0.607. The number of pyridine rings is 2. The van der Waals surface area contributed by atoms with E-state index < -0.39 is 10.0 Å². The van der Waals surface area contributed by atoms with E-state index in [1.807, 2.05) is 16.7 Å². The lowest BCUT2D eigenvalue weighted by Gasteiger charge is -2.39. The molecule has 202 valence electrons.